The highest BCUT2D eigenvalue weighted by Gasteiger charge is 2.28. The SMILES string of the molecule is CNc1cc(N2CCC(C)C(OC)C2)nc(C(C)(C)C)n1. The summed E-state index contributed by atoms with van der Waals surface area (Å²) in [6.45, 7) is 10.6. The maximum absolute atomic E-state index is 5.61. The van der Waals surface area contributed by atoms with Gasteiger partial charge in [0.1, 0.15) is 17.5 Å². The molecule has 5 nitrogen and oxygen atoms in total. The Morgan fingerprint density at radius 2 is 2.05 bits per heavy atom. The first kappa shape index (κ1) is 16.0. The predicted molar refractivity (Wildman–Crippen MR) is 87.1 cm³/mol. The third kappa shape index (κ3) is 3.64. The molecule has 1 aliphatic rings. The van der Waals surface area contributed by atoms with E-state index in [1.54, 1.807) is 7.11 Å². The Bertz CT molecular complexity index is 484. The largest absolute Gasteiger partial charge is 0.379 e. The third-order valence-corrected chi connectivity index (χ3v) is 4.16. The first-order chi connectivity index (χ1) is 9.85. The maximum atomic E-state index is 5.61. The second kappa shape index (κ2) is 6.18. The molecule has 1 saturated heterocycles. The second-order valence-electron chi connectivity index (χ2n) is 6.92. The molecule has 1 aliphatic heterocycles. The van der Waals surface area contributed by atoms with E-state index in [0.29, 0.717) is 5.92 Å². The minimum Gasteiger partial charge on any atom is -0.379 e. The first-order valence-electron chi connectivity index (χ1n) is 7.70. The van der Waals surface area contributed by atoms with Crippen molar-refractivity contribution in [1.82, 2.24) is 9.97 Å². The van der Waals surface area contributed by atoms with E-state index in [-0.39, 0.29) is 11.5 Å². The number of rotatable bonds is 3. The molecular formula is C16H28N4O. The number of nitrogens with one attached hydrogen (secondary N) is 1. The van der Waals surface area contributed by atoms with Crippen LogP contribution in [0.3, 0.4) is 0 Å². The predicted octanol–water partition coefficient (Wildman–Crippen LogP) is 2.68. The number of methoxy groups -OCH3 is 1. The fourth-order valence-corrected chi connectivity index (χ4v) is 2.61. The lowest BCUT2D eigenvalue weighted by Gasteiger charge is -2.37. The summed E-state index contributed by atoms with van der Waals surface area (Å²) in [7, 11) is 3.69. The Balaban J connectivity index is 2.30. The number of anilines is 2. The van der Waals surface area contributed by atoms with Crippen molar-refractivity contribution in [3.63, 3.8) is 0 Å². The highest BCUT2D eigenvalue weighted by atomic mass is 16.5. The van der Waals surface area contributed by atoms with Crippen LogP contribution in [-0.2, 0) is 10.2 Å². The average Bonchev–Trinajstić information content (AvgIpc) is 2.46. The molecule has 0 bridgehead atoms. The smallest absolute Gasteiger partial charge is 0.138 e. The van der Waals surface area contributed by atoms with Crippen LogP contribution >= 0.6 is 0 Å². The van der Waals surface area contributed by atoms with Gasteiger partial charge in [0, 0.05) is 38.7 Å². The minimum atomic E-state index is -0.0641. The fourth-order valence-electron chi connectivity index (χ4n) is 2.61. The third-order valence-electron chi connectivity index (χ3n) is 4.16. The van der Waals surface area contributed by atoms with Gasteiger partial charge in [-0.25, -0.2) is 9.97 Å². The van der Waals surface area contributed by atoms with Crippen LogP contribution in [0.15, 0.2) is 6.07 Å². The molecule has 118 valence electrons. The Labute approximate surface area is 128 Å². The topological polar surface area (TPSA) is 50.3 Å². The number of hydrogen-bond donors (Lipinski definition) is 1. The number of aromatic nitrogens is 2. The summed E-state index contributed by atoms with van der Waals surface area (Å²) in [5.74, 6) is 3.33. The molecule has 1 aromatic heterocycles. The van der Waals surface area contributed by atoms with Crippen LogP contribution in [-0.4, -0.2) is 43.3 Å². The van der Waals surface area contributed by atoms with Crippen molar-refractivity contribution in [2.75, 3.05) is 37.5 Å². The molecule has 5 heteroatoms. The van der Waals surface area contributed by atoms with E-state index in [4.69, 9.17) is 9.72 Å². The molecule has 0 amide bonds. The van der Waals surface area contributed by atoms with Crippen molar-refractivity contribution < 1.29 is 4.74 Å². The Morgan fingerprint density at radius 3 is 2.62 bits per heavy atom. The van der Waals surface area contributed by atoms with Crippen molar-refractivity contribution in [3.8, 4) is 0 Å². The van der Waals surface area contributed by atoms with E-state index in [2.05, 4.69) is 42.9 Å². The van der Waals surface area contributed by atoms with Gasteiger partial charge >= 0.3 is 0 Å². The fraction of sp³-hybridized carbons (Fsp3) is 0.750. The standard InChI is InChI=1S/C16H28N4O/c1-11-7-8-20(10-12(11)21-6)14-9-13(17-5)18-15(19-14)16(2,3)4/h9,11-12H,7-8,10H2,1-6H3,(H,17,18,19). The summed E-state index contributed by atoms with van der Waals surface area (Å²) >= 11 is 0. The van der Waals surface area contributed by atoms with Gasteiger partial charge in [-0.2, -0.15) is 0 Å². The van der Waals surface area contributed by atoms with E-state index in [9.17, 15) is 0 Å². The van der Waals surface area contributed by atoms with Crippen molar-refractivity contribution >= 4 is 11.6 Å². The zero-order valence-electron chi connectivity index (χ0n) is 14.1. The van der Waals surface area contributed by atoms with Gasteiger partial charge in [-0.1, -0.05) is 27.7 Å². The lowest BCUT2D eigenvalue weighted by molar-refractivity contribution is 0.0496. The Morgan fingerprint density at radius 1 is 1.33 bits per heavy atom. The molecule has 0 aromatic carbocycles. The molecule has 0 saturated carbocycles. The average molecular weight is 292 g/mol. The Kier molecular flexibility index (Phi) is 4.71. The minimum absolute atomic E-state index is 0.0641. The molecule has 2 heterocycles. The van der Waals surface area contributed by atoms with Crippen molar-refractivity contribution in [2.24, 2.45) is 5.92 Å². The van der Waals surface area contributed by atoms with Crippen LogP contribution < -0.4 is 10.2 Å². The summed E-state index contributed by atoms with van der Waals surface area (Å²) in [6.07, 6.45) is 1.40. The number of nitrogens with zero attached hydrogens (tertiary/aromatic N) is 3. The number of ether oxygens (including phenoxy) is 1. The zero-order valence-corrected chi connectivity index (χ0v) is 14.1. The summed E-state index contributed by atoms with van der Waals surface area (Å²) < 4.78 is 5.61. The van der Waals surface area contributed by atoms with Gasteiger partial charge in [0.05, 0.1) is 6.10 Å². The van der Waals surface area contributed by atoms with Gasteiger partial charge in [-0.3, -0.25) is 0 Å². The summed E-state index contributed by atoms with van der Waals surface area (Å²) in [4.78, 5) is 11.7. The molecule has 21 heavy (non-hydrogen) atoms. The quantitative estimate of drug-likeness (QED) is 0.928. The molecule has 2 atom stereocenters. The molecule has 1 N–H and O–H groups in total. The van der Waals surface area contributed by atoms with Gasteiger partial charge in [0.2, 0.25) is 0 Å². The van der Waals surface area contributed by atoms with E-state index in [0.717, 1.165) is 37.0 Å². The first-order valence-corrected chi connectivity index (χ1v) is 7.70. The molecule has 1 fully saturated rings. The highest BCUT2D eigenvalue weighted by molar-refractivity contribution is 5.50. The van der Waals surface area contributed by atoms with Crippen molar-refractivity contribution in [2.45, 2.75) is 45.6 Å². The normalized spacial score (nSPS) is 23.2. The van der Waals surface area contributed by atoms with Crippen LogP contribution in [0.1, 0.15) is 39.9 Å². The van der Waals surface area contributed by atoms with Crippen LogP contribution in [0.2, 0.25) is 0 Å². The summed E-state index contributed by atoms with van der Waals surface area (Å²) in [6, 6.07) is 2.03. The van der Waals surface area contributed by atoms with Crippen LogP contribution in [0.4, 0.5) is 11.6 Å². The molecule has 0 radical (unpaired) electrons. The zero-order chi connectivity index (χ0) is 15.6. The van der Waals surface area contributed by atoms with Gasteiger partial charge in [0.25, 0.3) is 0 Å². The molecule has 2 unspecified atom stereocenters. The van der Waals surface area contributed by atoms with Crippen molar-refractivity contribution in [1.29, 1.82) is 0 Å². The molecule has 2 rings (SSSR count). The lowest BCUT2D eigenvalue weighted by atomic mass is 9.95. The van der Waals surface area contributed by atoms with E-state index < -0.39 is 0 Å². The van der Waals surface area contributed by atoms with E-state index in [1.165, 1.54) is 0 Å². The van der Waals surface area contributed by atoms with E-state index >= 15 is 0 Å². The van der Waals surface area contributed by atoms with Gasteiger partial charge in [-0.05, 0) is 12.3 Å². The van der Waals surface area contributed by atoms with Gasteiger partial charge < -0.3 is 15.0 Å². The van der Waals surface area contributed by atoms with Crippen molar-refractivity contribution in [3.05, 3.63) is 11.9 Å². The van der Waals surface area contributed by atoms with Gasteiger partial charge in [0.15, 0.2) is 0 Å². The molecule has 0 spiro atoms. The molecular weight excluding hydrogens is 264 g/mol. The lowest BCUT2D eigenvalue weighted by Crippen LogP contribution is -2.44. The van der Waals surface area contributed by atoms with Crippen LogP contribution in [0.25, 0.3) is 0 Å². The summed E-state index contributed by atoms with van der Waals surface area (Å²) in [5, 5.41) is 3.14. The van der Waals surface area contributed by atoms with Gasteiger partial charge in [-0.15, -0.1) is 0 Å². The van der Waals surface area contributed by atoms with Crippen LogP contribution in [0.5, 0.6) is 0 Å². The van der Waals surface area contributed by atoms with E-state index in [1.807, 2.05) is 13.1 Å². The molecule has 0 aliphatic carbocycles. The number of hydrogen-bond acceptors (Lipinski definition) is 5. The van der Waals surface area contributed by atoms with Crippen LogP contribution in [0, 0.1) is 5.92 Å². The Hall–Kier alpha value is -1.36. The summed E-state index contributed by atoms with van der Waals surface area (Å²) in [5.41, 5.74) is -0.0641. The highest BCUT2D eigenvalue weighted by Crippen LogP contribution is 2.27. The second-order valence-corrected chi connectivity index (χ2v) is 6.92. The monoisotopic (exact) mass is 292 g/mol. The maximum Gasteiger partial charge on any atom is 0.138 e. The number of piperidine rings is 1. The molecule has 1 aromatic rings.